The second-order valence-corrected chi connectivity index (χ2v) is 8.22. The van der Waals surface area contributed by atoms with Crippen LogP contribution in [0.25, 0.3) is 0 Å². The summed E-state index contributed by atoms with van der Waals surface area (Å²) in [4.78, 5) is 13.8. The molecular formula is C24H24F5N3O. The van der Waals surface area contributed by atoms with Crippen molar-refractivity contribution in [2.75, 3.05) is 16.8 Å². The predicted molar refractivity (Wildman–Crippen MR) is 118 cm³/mol. The summed E-state index contributed by atoms with van der Waals surface area (Å²) in [6, 6.07) is 6.29. The summed E-state index contributed by atoms with van der Waals surface area (Å²) in [5.74, 6) is -1.81. The van der Waals surface area contributed by atoms with E-state index in [9.17, 15) is 26.7 Å². The maximum Gasteiger partial charge on any atom is 0.416 e. The molecule has 0 radical (unpaired) electrons. The highest BCUT2D eigenvalue weighted by atomic mass is 19.4. The van der Waals surface area contributed by atoms with E-state index in [1.54, 1.807) is 26.0 Å². The van der Waals surface area contributed by atoms with Gasteiger partial charge in [0.1, 0.15) is 17.3 Å². The molecule has 33 heavy (non-hydrogen) atoms. The molecule has 9 heteroatoms. The first-order chi connectivity index (χ1) is 15.4. The van der Waals surface area contributed by atoms with Gasteiger partial charge in [-0.1, -0.05) is 30.4 Å². The first-order valence-corrected chi connectivity index (χ1v) is 10.2. The van der Waals surface area contributed by atoms with E-state index in [0.29, 0.717) is 5.69 Å². The van der Waals surface area contributed by atoms with Gasteiger partial charge in [-0.05, 0) is 56.7 Å². The molecule has 2 amide bonds. The third kappa shape index (κ3) is 5.35. The molecule has 2 aromatic rings. The van der Waals surface area contributed by atoms with Gasteiger partial charge in [0.15, 0.2) is 0 Å². The normalized spacial score (nSPS) is 21.2. The van der Waals surface area contributed by atoms with E-state index >= 15 is 0 Å². The van der Waals surface area contributed by atoms with Crippen LogP contribution in [0, 0.1) is 11.6 Å². The van der Waals surface area contributed by atoms with Crippen LogP contribution in [-0.2, 0) is 6.18 Å². The van der Waals surface area contributed by atoms with Crippen molar-refractivity contribution >= 4 is 17.4 Å². The number of nitrogens with zero attached hydrogens (tertiary/aromatic N) is 1. The molecule has 1 aliphatic heterocycles. The van der Waals surface area contributed by atoms with E-state index in [0.717, 1.165) is 34.7 Å². The van der Waals surface area contributed by atoms with Crippen molar-refractivity contribution in [2.45, 2.75) is 38.0 Å². The maximum atomic E-state index is 14.6. The SMILES string of the molecule is C=C(C)/C=C\C[C@@H]1N(c2c(F)cccc2F)C(=O)NCC1(C)Nc1ccc(C(F)(F)F)cc1. The Morgan fingerprint density at radius 3 is 2.36 bits per heavy atom. The molecule has 0 aromatic heterocycles. The Hall–Kier alpha value is -3.36. The minimum absolute atomic E-state index is 0.0744. The van der Waals surface area contributed by atoms with Gasteiger partial charge in [0.2, 0.25) is 0 Å². The fraction of sp³-hybridized carbons (Fsp3) is 0.292. The van der Waals surface area contributed by atoms with Crippen LogP contribution in [0.4, 0.5) is 38.1 Å². The molecule has 176 valence electrons. The third-order valence-corrected chi connectivity index (χ3v) is 5.46. The minimum atomic E-state index is -4.48. The summed E-state index contributed by atoms with van der Waals surface area (Å²) in [5, 5.41) is 5.79. The second kappa shape index (κ2) is 9.25. The standard InChI is InChI=1S/C24H24F5N3O/c1-15(2)6-4-9-20-23(3,31-17-12-10-16(11-13-17)24(27,28)29)14-30-22(33)32(20)21-18(25)7-5-8-19(21)26/h4-8,10-13,20,31H,1,9,14H2,2-3H3,(H,30,33)/b6-4-/t20-,23?/m0/s1. The zero-order valence-electron chi connectivity index (χ0n) is 18.1. The van der Waals surface area contributed by atoms with Crippen molar-refractivity contribution in [3.8, 4) is 0 Å². The first kappa shape index (κ1) is 24.3. The summed E-state index contributed by atoms with van der Waals surface area (Å²) in [7, 11) is 0. The Morgan fingerprint density at radius 1 is 1.21 bits per heavy atom. The van der Waals surface area contributed by atoms with Crippen LogP contribution >= 0.6 is 0 Å². The quantitative estimate of drug-likeness (QED) is 0.390. The number of nitrogens with one attached hydrogen (secondary N) is 2. The molecule has 1 fully saturated rings. The lowest BCUT2D eigenvalue weighted by Crippen LogP contribution is -2.69. The van der Waals surface area contributed by atoms with E-state index in [1.807, 2.05) is 0 Å². The van der Waals surface area contributed by atoms with Crippen molar-refractivity contribution in [1.82, 2.24) is 5.32 Å². The van der Waals surface area contributed by atoms with Crippen LogP contribution in [0.15, 0.2) is 66.8 Å². The van der Waals surface area contributed by atoms with E-state index in [-0.39, 0.29) is 13.0 Å². The van der Waals surface area contributed by atoms with E-state index < -0.39 is 46.7 Å². The lowest BCUT2D eigenvalue weighted by Gasteiger charge is -2.48. The molecule has 0 saturated carbocycles. The Morgan fingerprint density at radius 2 is 1.82 bits per heavy atom. The van der Waals surface area contributed by atoms with Gasteiger partial charge in [0, 0.05) is 12.2 Å². The average Bonchev–Trinajstić information content (AvgIpc) is 2.72. The number of benzene rings is 2. The largest absolute Gasteiger partial charge is 0.416 e. The monoisotopic (exact) mass is 465 g/mol. The van der Waals surface area contributed by atoms with Crippen molar-refractivity contribution in [2.24, 2.45) is 0 Å². The number of carbonyl (C=O) groups is 1. The maximum absolute atomic E-state index is 14.6. The van der Waals surface area contributed by atoms with Crippen LogP contribution in [0.2, 0.25) is 0 Å². The predicted octanol–water partition coefficient (Wildman–Crippen LogP) is 6.28. The molecule has 0 aliphatic carbocycles. The van der Waals surface area contributed by atoms with E-state index in [1.165, 1.54) is 18.2 Å². The van der Waals surface area contributed by atoms with Crippen LogP contribution in [0.3, 0.4) is 0 Å². The first-order valence-electron chi connectivity index (χ1n) is 10.2. The summed E-state index contributed by atoms with van der Waals surface area (Å²) in [5.41, 5.74) is -1.18. The van der Waals surface area contributed by atoms with Gasteiger partial charge in [-0.3, -0.25) is 4.90 Å². The highest BCUT2D eigenvalue weighted by Gasteiger charge is 2.46. The number of para-hydroxylation sites is 1. The van der Waals surface area contributed by atoms with Crippen molar-refractivity contribution in [3.05, 3.63) is 84.0 Å². The third-order valence-electron chi connectivity index (χ3n) is 5.46. The molecule has 4 nitrogen and oxygen atoms in total. The zero-order valence-corrected chi connectivity index (χ0v) is 18.1. The van der Waals surface area contributed by atoms with Crippen molar-refractivity contribution < 1.29 is 26.7 Å². The Labute approximate surface area is 188 Å². The summed E-state index contributed by atoms with van der Waals surface area (Å²) >= 11 is 0. The van der Waals surface area contributed by atoms with Crippen molar-refractivity contribution in [1.29, 1.82) is 0 Å². The van der Waals surface area contributed by atoms with Gasteiger partial charge >= 0.3 is 12.2 Å². The molecule has 0 spiro atoms. The Bertz CT molecular complexity index is 1040. The van der Waals surface area contributed by atoms with Gasteiger partial charge < -0.3 is 10.6 Å². The highest BCUT2D eigenvalue weighted by Crippen LogP contribution is 2.36. The summed E-state index contributed by atoms with van der Waals surface area (Å²) in [6.07, 6.45) is -0.806. The Kier molecular flexibility index (Phi) is 6.81. The summed E-state index contributed by atoms with van der Waals surface area (Å²) in [6.45, 7) is 7.36. The molecule has 1 unspecified atom stereocenters. The zero-order chi connectivity index (χ0) is 24.4. The number of amides is 2. The molecular weight excluding hydrogens is 441 g/mol. The fourth-order valence-electron chi connectivity index (χ4n) is 3.83. The van der Waals surface area contributed by atoms with Gasteiger partial charge in [-0.25, -0.2) is 13.6 Å². The van der Waals surface area contributed by atoms with Crippen LogP contribution in [-0.4, -0.2) is 24.2 Å². The van der Waals surface area contributed by atoms with Gasteiger partial charge in [-0.2, -0.15) is 13.2 Å². The minimum Gasteiger partial charge on any atom is -0.376 e. The number of anilines is 2. The molecule has 2 atom stereocenters. The van der Waals surface area contributed by atoms with E-state index in [2.05, 4.69) is 17.2 Å². The van der Waals surface area contributed by atoms with E-state index in [4.69, 9.17) is 0 Å². The van der Waals surface area contributed by atoms with Gasteiger partial charge in [0.05, 0.1) is 17.1 Å². The molecule has 2 N–H and O–H groups in total. The molecule has 0 bridgehead atoms. The topological polar surface area (TPSA) is 44.4 Å². The number of urea groups is 1. The highest BCUT2D eigenvalue weighted by molar-refractivity contribution is 5.94. The lowest BCUT2D eigenvalue weighted by atomic mass is 9.85. The lowest BCUT2D eigenvalue weighted by molar-refractivity contribution is -0.137. The molecule has 3 rings (SSSR count). The summed E-state index contributed by atoms with van der Waals surface area (Å²) < 4.78 is 68.0. The number of allylic oxidation sites excluding steroid dienone is 2. The average molecular weight is 465 g/mol. The number of hydrogen-bond donors (Lipinski definition) is 2. The smallest absolute Gasteiger partial charge is 0.376 e. The Balaban J connectivity index is 2.02. The number of alkyl halides is 3. The van der Waals surface area contributed by atoms with Crippen LogP contribution in [0.5, 0.6) is 0 Å². The number of rotatable bonds is 6. The second-order valence-electron chi connectivity index (χ2n) is 8.22. The van der Waals surface area contributed by atoms with Gasteiger partial charge in [0.25, 0.3) is 0 Å². The molecule has 1 saturated heterocycles. The molecule has 1 heterocycles. The fourth-order valence-corrected chi connectivity index (χ4v) is 3.83. The van der Waals surface area contributed by atoms with Crippen LogP contribution in [0.1, 0.15) is 25.8 Å². The van der Waals surface area contributed by atoms with Gasteiger partial charge in [-0.15, -0.1) is 0 Å². The van der Waals surface area contributed by atoms with Crippen molar-refractivity contribution in [3.63, 3.8) is 0 Å². The number of carbonyl (C=O) groups excluding carboxylic acids is 1. The molecule has 2 aromatic carbocycles. The van der Waals surface area contributed by atoms with Crippen LogP contribution < -0.4 is 15.5 Å². The number of halogens is 5. The number of hydrogen-bond acceptors (Lipinski definition) is 2. The molecule has 1 aliphatic rings.